The van der Waals surface area contributed by atoms with Crippen molar-refractivity contribution in [2.45, 2.75) is 56.7 Å². The van der Waals surface area contributed by atoms with E-state index in [1.807, 2.05) is 6.07 Å². The molecule has 4 rings (SSSR count). The first-order valence-corrected chi connectivity index (χ1v) is 8.86. The molecule has 1 atom stereocenters. The highest BCUT2D eigenvalue weighted by Gasteiger charge is 2.46. The molecular weight excluding hydrogens is 280 g/mol. The van der Waals surface area contributed by atoms with E-state index in [2.05, 4.69) is 28.4 Å². The highest BCUT2D eigenvalue weighted by molar-refractivity contribution is 6.30. The summed E-state index contributed by atoms with van der Waals surface area (Å²) in [6.45, 7) is 3.47. The van der Waals surface area contributed by atoms with Gasteiger partial charge in [-0.25, -0.2) is 0 Å². The lowest BCUT2D eigenvalue weighted by Gasteiger charge is -2.48. The first-order valence-electron chi connectivity index (χ1n) is 8.48. The van der Waals surface area contributed by atoms with Crippen molar-refractivity contribution in [2.75, 3.05) is 13.1 Å². The Bertz CT molecular complexity index is 506. The zero-order chi connectivity index (χ0) is 14.3. The molecule has 1 aromatic rings. The normalized spacial score (nSPS) is 29.1. The summed E-state index contributed by atoms with van der Waals surface area (Å²) in [7, 11) is 0. The Labute approximate surface area is 132 Å². The van der Waals surface area contributed by atoms with Crippen molar-refractivity contribution in [3.8, 4) is 0 Å². The SMILES string of the molecule is Clc1cccc(CN2CC(C3CC3)NCC23CCCC3)c1. The van der Waals surface area contributed by atoms with Gasteiger partial charge in [0.05, 0.1) is 0 Å². The lowest BCUT2D eigenvalue weighted by molar-refractivity contribution is 0.0311. The lowest BCUT2D eigenvalue weighted by Crippen LogP contribution is -2.63. The molecule has 0 bridgehead atoms. The molecule has 1 heterocycles. The van der Waals surface area contributed by atoms with E-state index in [0.29, 0.717) is 5.54 Å². The van der Waals surface area contributed by atoms with E-state index >= 15 is 0 Å². The van der Waals surface area contributed by atoms with E-state index in [1.54, 1.807) is 0 Å². The zero-order valence-electron chi connectivity index (χ0n) is 12.7. The van der Waals surface area contributed by atoms with Crippen LogP contribution >= 0.6 is 11.6 Å². The highest BCUT2D eigenvalue weighted by Crippen LogP contribution is 2.41. The number of benzene rings is 1. The van der Waals surface area contributed by atoms with Crippen LogP contribution in [0.4, 0.5) is 0 Å². The van der Waals surface area contributed by atoms with Crippen LogP contribution in [-0.2, 0) is 6.54 Å². The number of halogens is 1. The minimum absolute atomic E-state index is 0.410. The maximum Gasteiger partial charge on any atom is 0.0409 e. The Hall–Kier alpha value is -0.570. The van der Waals surface area contributed by atoms with Gasteiger partial charge in [-0.2, -0.15) is 0 Å². The van der Waals surface area contributed by atoms with E-state index in [-0.39, 0.29) is 0 Å². The Morgan fingerprint density at radius 2 is 2.05 bits per heavy atom. The second kappa shape index (κ2) is 5.57. The largest absolute Gasteiger partial charge is 0.311 e. The van der Waals surface area contributed by atoms with Gasteiger partial charge in [-0.15, -0.1) is 0 Å². The highest BCUT2D eigenvalue weighted by atomic mass is 35.5. The van der Waals surface area contributed by atoms with Crippen molar-refractivity contribution in [3.05, 3.63) is 34.9 Å². The van der Waals surface area contributed by atoms with E-state index in [1.165, 1.54) is 57.2 Å². The van der Waals surface area contributed by atoms with Gasteiger partial charge in [0.25, 0.3) is 0 Å². The van der Waals surface area contributed by atoms with Gasteiger partial charge in [-0.1, -0.05) is 36.6 Å². The number of hydrogen-bond donors (Lipinski definition) is 1. The third-order valence-electron chi connectivity index (χ3n) is 5.77. The fourth-order valence-electron chi connectivity index (χ4n) is 4.36. The van der Waals surface area contributed by atoms with E-state index in [0.717, 1.165) is 23.5 Å². The van der Waals surface area contributed by atoms with Crippen molar-refractivity contribution in [3.63, 3.8) is 0 Å². The van der Waals surface area contributed by atoms with Gasteiger partial charge in [0.2, 0.25) is 0 Å². The topological polar surface area (TPSA) is 15.3 Å². The second-order valence-electron chi connectivity index (χ2n) is 7.27. The average Bonchev–Trinajstić information content (AvgIpc) is 3.22. The van der Waals surface area contributed by atoms with Crippen molar-refractivity contribution < 1.29 is 0 Å². The molecule has 1 unspecified atom stereocenters. The Morgan fingerprint density at radius 3 is 2.76 bits per heavy atom. The maximum absolute atomic E-state index is 6.17. The summed E-state index contributed by atoms with van der Waals surface area (Å²) >= 11 is 6.17. The monoisotopic (exact) mass is 304 g/mol. The lowest BCUT2D eigenvalue weighted by atomic mass is 9.89. The third-order valence-corrected chi connectivity index (χ3v) is 6.00. The molecule has 1 N–H and O–H groups in total. The quantitative estimate of drug-likeness (QED) is 0.913. The summed E-state index contributed by atoms with van der Waals surface area (Å²) < 4.78 is 0. The number of nitrogens with one attached hydrogen (secondary N) is 1. The maximum atomic E-state index is 6.17. The summed E-state index contributed by atoms with van der Waals surface area (Å²) in [5.74, 6) is 0.936. The molecule has 3 aliphatic rings. The van der Waals surface area contributed by atoms with Crippen LogP contribution in [0.25, 0.3) is 0 Å². The molecular formula is C18H25ClN2. The first-order chi connectivity index (χ1) is 10.3. The standard InChI is InChI=1S/C18H25ClN2/c19-16-5-3-4-14(10-16)11-21-12-17(15-6-7-15)20-13-18(21)8-1-2-9-18/h3-5,10,15,17,20H,1-2,6-9,11-13H2. The Balaban J connectivity index is 1.54. The first kappa shape index (κ1) is 14.0. The van der Waals surface area contributed by atoms with Crippen molar-refractivity contribution in [2.24, 2.45) is 5.92 Å². The van der Waals surface area contributed by atoms with Gasteiger partial charge < -0.3 is 5.32 Å². The molecule has 2 nitrogen and oxygen atoms in total. The second-order valence-corrected chi connectivity index (χ2v) is 7.70. The van der Waals surface area contributed by atoms with Crippen LogP contribution in [0.1, 0.15) is 44.1 Å². The van der Waals surface area contributed by atoms with Crippen molar-refractivity contribution >= 4 is 11.6 Å². The van der Waals surface area contributed by atoms with Crippen LogP contribution in [0.15, 0.2) is 24.3 Å². The molecule has 0 radical (unpaired) electrons. The number of nitrogens with zero attached hydrogens (tertiary/aromatic N) is 1. The zero-order valence-corrected chi connectivity index (χ0v) is 13.4. The van der Waals surface area contributed by atoms with Gasteiger partial charge >= 0.3 is 0 Å². The molecule has 3 fully saturated rings. The van der Waals surface area contributed by atoms with Crippen LogP contribution in [0.2, 0.25) is 5.02 Å². The fourth-order valence-corrected chi connectivity index (χ4v) is 4.57. The molecule has 0 amide bonds. The predicted molar refractivity (Wildman–Crippen MR) is 87.6 cm³/mol. The van der Waals surface area contributed by atoms with Gasteiger partial charge in [-0.05, 0) is 49.3 Å². The van der Waals surface area contributed by atoms with Gasteiger partial charge in [0.15, 0.2) is 0 Å². The van der Waals surface area contributed by atoms with Gasteiger partial charge in [0.1, 0.15) is 0 Å². The Kier molecular flexibility index (Phi) is 3.72. The van der Waals surface area contributed by atoms with Crippen LogP contribution in [-0.4, -0.2) is 29.6 Å². The third kappa shape index (κ3) is 2.86. The molecule has 21 heavy (non-hydrogen) atoms. The van der Waals surface area contributed by atoms with Crippen LogP contribution in [0, 0.1) is 5.92 Å². The van der Waals surface area contributed by atoms with E-state index < -0.39 is 0 Å². The minimum Gasteiger partial charge on any atom is -0.311 e. The molecule has 2 saturated carbocycles. The number of rotatable bonds is 3. The fraction of sp³-hybridized carbons (Fsp3) is 0.667. The average molecular weight is 305 g/mol. The number of piperazine rings is 1. The van der Waals surface area contributed by atoms with Crippen LogP contribution in [0.3, 0.4) is 0 Å². The molecule has 114 valence electrons. The molecule has 3 heteroatoms. The molecule has 0 aromatic heterocycles. The summed E-state index contributed by atoms with van der Waals surface area (Å²) in [6.07, 6.45) is 8.35. The molecule has 1 aliphatic heterocycles. The van der Waals surface area contributed by atoms with Gasteiger partial charge in [0, 0.05) is 36.2 Å². The minimum atomic E-state index is 0.410. The summed E-state index contributed by atoms with van der Waals surface area (Å²) in [5.41, 5.74) is 1.78. The Morgan fingerprint density at radius 1 is 1.24 bits per heavy atom. The van der Waals surface area contributed by atoms with Gasteiger partial charge in [-0.3, -0.25) is 4.90 Å². The van der Waals surface area contributed by atoms with Crippen LogP contribution in [0.5, 0.6) is 0 Å². The molecule has 1 spiro atoms. The van der Waals surface area contributed by atoms with E-state index in [9.17, 15) is 0 Å². The number of hydrogen-bond acceptors (Lipinski definition) is 2. The summed E-state index contributed by atoms with van der Waals surface area (Å²) in [6, 6.07) is 9.14. The molecule has 1 saturated heterocycles. The van der Waals surface area contributed by atoms with Crippen LogP contribution < -0.4 is 5.32 Å². The molecule has 1 aromatic carbocycles. The van der Waals surface area contributed by atoms with Crippen molar-refractivity contribution in [1.29, 1.82) is 0 Å². The van der Waals surface area contributed by atoms with Crippen molar-refractivity contribution in [1.82, 2.24) is 10.2 Å². The summed E-state index contributed by atoms with van der Waals surface area (Å²) in [4.78, 5) is 2.78. The predicted octanol–water partition coefficient (Wildman–Crippen LogP) is 3.84. The smallest absolute Gasteiger partial charge is 0.0409 e. The molecule has 2 aliphatic carbocycles. The van der Waals surface area contributed by atoms with E-state index in [4.69, 9.17) is 11.6 Å². The summed E-state index contributed by atoms with van der Waals surface area (Å²) in [5, 5.41) is 4.74.